The summed E-state index contributed by atoms with van der Waals surface area (Å²) in [6.45, 7) is 1.97. The molecule has 0 unspecified atom stereocenters. The van der Waals surface area contributed by atoms with E-state index in [1.165, 1.54) is 18.4 Å². The molecule has 0 amide bonds. The lowest BCUT2D eigenvalue weighted by atomic mass is 10.3. The second-order valence-corrected chi connectivity index (χ2v) is 8.01. The number of thiophene rings is 1. The van der Waals surface area contributed by atoms with Gasteiger partial charge in [-0.05, 0) is 18.6 Å². The maximum Gasteiger partial charge on any atom is 0.311 e. The van der Waals surface area contributed by atoms with E-state index in [1.54, 1.807) is 17.5 Å². The molecule has 2 aromatic rings. The molecule has 0 aromatic carbocycles. The van der Waals surface area contributed by atoms with Crippen LogP contribution >= 0.6 is 22.7 Å². The van der Waals surface area contributed by atoms with Crippen molar-refractivity contribution in [2.45, 2.75) is 24.0 Å². The van der Waals surface area contributed by atoms with Gasteiger partial charge in [0.25, 0.3) is 10.0 Å². The Morgan fingerprint density at radius 2 is 2.19 bits per heavy atom. The standard InChI is InChI=1S/C12H14N2O4S3/c1-3-9-4-5-11(20-9)21(16,17)14-12-13-8(7-19-12)6-10(15)18-2/h4-5,7H,3,6H2,1-2H3,(H,13,14). The zero-order valence-corrected chi connectivity index (χ0v) is 13.9. The molecule has 0 bridgehead atoms. The second-order valence-electron chi connectivity index (χ2n) is 4.08. The predicted octanol–water partition coefficient (Wildman–Crippen LogP) is 2.28. The van der Waals surface area contributed by atoms with Gasteiger partial charge < -0.3 is 4.74 Å². The van der Waals surface area contributed by atoms with Crippen LogP contribution in [0.25, 0.3) is 0 Å². The van der Waals surface area contributed by atoms with Crippen molar-refractivity contribution in [2.24, 2.45) is 0 Å². The van der Waals surface area contributed by atoms with E-state index in [9.17, 15) is 13.2 Å². The van der Waals surface area contributed by atoms with Gasteiger partial charge in [-0.2, -0.15) is 0 Å². The molecular weight excluding hydrogens is 332 g/mol. The number of aromatic nitrogens is 1. The fourth-order valence-electron chi connectivity index (χ4n) is 1.51. The van der Waals surface area contributed by atoms with Gasteiger partial charge in [0.2, 0.25) is 0 Å². The molecule has 0 radical (unpaired) electrons. The van der Waals surface area contributed by atoms with Crippen molar-refractivity contribution in [3.63, 3.8) is 0 Å². The molecule has 0 saturated carbocycles. The number of hydrogen-bond donors (Lipinski definition) is 1. The largest absolute Gasteiger partial charge is 0.469 e. The van der Waals surface area contributed by atoms with Gasteiger partial charge in [0.1, 0.15) is 4.21 Å². The van der Waals surface area contributed by atoms with Crippen molar-refractivity contribution in [2.75, 3.05) is 11.8 Å². The SMILES string of the molecule is CCc1ccc(S(=O)(=O)Nc2nc(CC(=O)OC)cs2)s1. The number of rotatable bonds is 6. The number of carbonyl (C=O) groups is 1. The van der Waals surface area contributed by atoms with E-state index in [4.69, 9.17) is 0 Å². The highest BCUT2D eigenvalue weighted by atomic mass is 32.2. The first-order valence-electron chi connectivity index (χ1n) is 6.07. The summed E-state index contributed by atoms with van der Waals surface area (Å²) < 4.78 is 31.6. The van der Waals surface area contributed by atoms with Gasteiger partial charge in [-0.3, -0.25) is 9.52 Å². The van der Waals surface area contributed by atoms with Crippen LogP contribution in [0.3, 0.4) is 0 Å². The number of nitrogens with one attached hydrogen (secondary N) is 1. The molecule has 21 heavy (non-hydrogen) atoms. The van der Waals surface area contributed by atoms with Crippen LogP contribution in [-0.4, -0.2) is 26.5 Å². The number of esters is 1. The Morgan fingerprint density at radius 3 is 2.81 bits per heavy atom. The molecule has 0 fully saturated rings. The van der Waals surface area contributed by atoms with E-state index in [0.717, 1.165) is 22.6 Å². The third kappa shape index (κ3) is 4.02. The molecule has 0 spiro atoms. The van der Waals surface area contributed by atoms with Crippen LogP contribution in [0.5, 0.6) is 0 Å². The van der Waals surface area contributed by atoms with E-state index in [1.807, 2.05) is 6.92 Å². The van der Waals surface area contributed by atoms with E-state index in [2.05, 4.69) is 14.4 Å². The smallest absolute Gasteiger partial charge is 0.311 e. The molecule has 0 aliphatic heterocycles. The van der Waals surface area contributed by atoms with Gasteiger partial charge in [-0.1, -0.05) is 6.92 Å². The number of nitrogens with zero attached hydrogens (tertiary/aromatic N) is 1. The zero-order valence-electron chi connectivity index (χ0n) is 11.5. The first-order valence-corrected chi connectivity index (χ1v) is 9.25. The molecule has 0 aliphatic carbocycles. The number of methoxy groups -OCH3 is 1. The Bertz CT molecular complexity index is 733. The molecule has 2 rings (SSSR count). The van der Waals surface area contributed by atoms with Crippen LogP contribution in [-0.2, 0) is 32.4 Å². The van der Waals surface area contributed by atoms with Crippen LogP contribution in [0.2, 0.25) is 0 Å². The number of aryl methyl sites for hydroxylation is 1. The molecule has 2 heterocycles. The van der Waals surface area contributed by atoms with Crippen LogP contribution < -0.4 is 4.72 Å². The summed E-state index contributed by atoms with van der Waals surface area (Å²) in [4.78, 5) is 16.2. The number of thiazole rings is 1. The first kappa shape index (κ1) is 15.9. The fourth-order valence-corrected chi connectivity index (χ4v) is 4.77. The van der Waals surface area contributed by atoms with Gasteiger partial charge in [-0.25, -0.2) is 13.4 Å². The average Bonchev–Trinajstić information content (AvgIpc) is 3.07. The third-order valence-corrected chi connectivity index (χ3v) is 6.57. The molecule has 114 valence electrons. The Balaban J connectivity index is 2.11. The summed E-state index contributed by atoms with van der Waals surface area (Å²) in [5, 5.41) is 1.86. The number of carbonyl (C=O) groups excluding carboxylic acids is 1. The summed E-state index contributed by atoms with van der Waals surface area (Å²) in [5.74, 6) is -0.416. The summed E-state index contributed by atoms with van der Waals surface area (Å²) in [6.07, 6.45) is 0.814. The van der Waals surface area contributed by atoms with Gasteiger partial charge in [-0.15, -0.1) is 22.7 Å². The fraction of sp³-hybridized carbons (Fsp3) is 0.333. The van der Waals surface area contributed by atoms with E-state index >= 15 is 0 Å². The second kappa shape index (κ2) is 6.54. The third-order valence-electron chi connectivity index (χ3n) is 2.58. The molecule has 0 saturated heterocycles. The summed E-state index contributed by atoms with van der Waals surface area (Å²) in [7, 11) is -2.33. The van der Waals surface area contributed by atoms with Crippen molar-refractivity contribution >= 4 is 43.8 Å². The molecule has 2 aromatic heterocycles. The highest BCUT2D eigenvalue weighted by molar-refractivity contribution is 7.94. The van der Waals surface area contributed by atoms with Crippen LogP contribution in [0.15, 0.2) is 21.7 Å². The highest BCUT2D eigenvalue weighted by Gasteiger charge is 2.18. The van der Waals surface area contributed by atoms with Gasteiger partial charge in [0.05, 0.1) is 19.2 Å². The van der Waals surface area contributed by atoms with Gasteiger partial charge in [0, 0.05) is 10.3 Å². The normalized spacial score (nSPS) is 11.3. The maximum atomic E-state index is 12.2. The Morgan fingerprint density at radius 1 is 1.43 bits per heavy atom. The van der Waals surface area contributed by atoms with Gasteiger partial charge >= 0.3 is 5.97 Å². The van der Waals surface area contributed by atoms with Crippen molar-refractivity contribution in [1.29, 1.82) is 0 Å². The molecular formula is C12H14N2O4S3. The van der Waals surface area contributed by atoms with Crippen LogP contribution in [0, 0.1) is 0 Å². The molecule has 9 heteroatoms. The minimum absolute atomic E-state index is 0.0215. The van der Waals surface area contributed by atoms with Crippen LogP contribution in [0.4, 0.5) is 5.13 Å². The summed E-state index contributed by atoms with van der Waals surface area (Å²) in [5.41, 5.74) is 0.477. The maximum absolute atomic E-state index is 12.2. The predicted molar refractivity (Wildman–Crippen MR) is 82.3 cm³/mol. The molecule has 0 atom stereocenters. The quantitative estimate of drug-likeness (QED) is 0.811. The lowest BCUT2D eigenvalue weighted by Gasteiger charge is -2.01. The first-order chi connectivity index (χ1) is 9.94. The minimum Gasteiger partial charge on any atom is -0.469 e. The number of sulfonamides is 1. The highest BCUT2D eigenvalue weighted by Crippen LogP contribution is 2.25. The van der Waals surface area contributed by atoms with Crippen molar-refractivity contribution in [3.05, 3.63) is 28.1 Å². The summed E-state index contributed by atoms with van der Waals surface area (Å²) in [6, 6.07) is 3.37. The number of ether oxygens (including phenoxy) is 1. The average molecular weight is 346 g/mol. The van der Waals surface area contributed by atoms with Crippen molar-refractivity contribution in [3.8, 4) is 0 Å². The van der Waals surface area contributed by atoms with Crippen LogP contribution in [0.1, 0.15) is 17.5 Å². The molecule has 6 nitrogen and oxygen atoms in total. The zero-order chi connectivity index (χ0) is 15.5. The number of anilines is 1. The van der Waals surface area contributed by atoms with Crippen molar-refractivity contribution in [1.82, 2.24) is 4.98 Å². The summed E-state index contributed by atoms with van der Waals surface area (Å²) >= 11 is 2.36. The van der Waals surface area contributed by atoms with Crippen molar-refractivity contribution < 1.29 is 17.9 Å². The Kier molecular flexibility index (Phi) is 4.96. The van der Waals surface area contributed by atoms with E-state index in [0.29, 0.717) is 5.69 Å². The van der Waals surface area contributed by atoms with Gasteiger partial charge in [0.15, 0.2) is 5.13 Å². The minimum atomic E-state index is -3.62. The number of hydrogen-bond acceptors (Lipinski definition) is 7. The molecule has 1 N–H and O–H groups in total. The Hall–Kier alpha value is -1.45. The monoisotopic (exact) mass is 346 g/mol. The van der Waals surface area contributed by atoms with E-state index < -0.39 is 16.0 Å². The Labute approximate surface area is 130 Å². The molecule has 0 aliphatic rings. The lowest BCUT2D eigenvalue weighted by molar-refractivity contribution is -0.139. The topological polar surface area (TPSA) is 85.4 Å². The lowest BCUT2D eigenvalue weighted by Crippen LogP contribution is -2.11. The van der Waals surface area contributed by atoms with E-state index in [-0.39, 0.29) is 15.8 Å².